The Hall–Kier alpha value is 0.131. The van der Waals surface area contributed by atoms with Crippen LogP contribution in [0.3, 0.4) is 0 Å². The molecule has 110 valence electrons. The van der Waals surface area contributed by atoms with Crippen LogP contribution in [0.5, 0.6) is 0 Å². The van der Waals surface area contributed by atoms with E-state index in [2.05, 4.69) is 78.0 Å². The van der Waals surface area contributed by atoms with Crippen molar-refractivity contribution in [1.82, 2.24) is 0 Å². The summed E-state index contributed by atoms with van der Waals surface area (Å²) in [6.07, 6.45) is 5.40. The van der Waals surface area contributed by atoms with E-state index in [-0.39, 0.29) is 0 Å². The molecule has 0 radical (unpaired) electrons. The average molecular weight is 311 g/mol. The van der Waals surface area contributed by atoms with Crippen molar-refractivity contribution in [3.8, 4) is 0 Å². The third-order valence-corrected chi connectivity index (χ3v) is 12.0. The maximum atomic E-state index is 2.73. The van der Waals surface area contributed by atoms with Crippen LogP contribution in [0.1, 0.15) is 6.92 Å². The van der Waals surface area contributed by atoms with Gasteiger partial charge in [0.2, 0.25) is 0 Å². The fourth-order valence-corrected chi connectivity index (χ4v) is 12.2. The highest BCUT2D eigenvalue weighted by atomic mass is 28.3. The standard InChI is InChI=1S/C16H34Si3/c1-13-11-15(18(5,6)7)16(19(8,9)10)12-14(13)17(2,3)4/h11-12,15-16H,1-10H3/t15-,16+/m0/s1. The molecule has 0 nitrogen and oxygen atoms in total. The van der Waals surface area contributed by atoms with E-state index in [0.717, 1.165) is 11.1 Å². The number of hydrogen-bond acceptors (Lipinski definition) is 0. The minimum atomic E-state index is -1.20. The molecule has 1 aliphatic rings. The van der Waals surface area contributed by atoms with Crippen LogP contribution in [0.2, 0.25) is 70.0 Å². The second-order valence-corrected chi connectivity index (χ2v) is 25.3. The van der Waals surface area contributed by atoms with E-state index >= 15 is 0 Å². The molecule has 0 spiro atoms. The lowest BCUT2D eigenvalue weighted by Gasteiger charge is -2.43. The van der Waals surface area contributed by atoms with Crippen LogP contribution in [-0.2, 0) is 0 Å². The van der Waals surface area contributed by atoms with Crippen molar-refractivity contribution in [2.75, 3.05) is 0 Å². The summed E-state index contributed by atoms with van der Waals surface area (Å²) < 4.78 is 0. The van der Waals surface area contributed by atoms with Gasteiger partial charge in [0.05, 0.1) is 24.2 Å². The van der Waals surface area contributed by atoms with Crippen molar-refractivity contribution in [1.29, 1.82) is 0 Å². The smallest absolute Gasteiger partial charge is 0.0775 e. The second kappa shape index (κ2) is 5.15. The largest absolute Gasteiger partial charge is 0.0843 e. The Morgan fingerprint density at radius 1 is 0.684 bits per heavy atom. The highest BCUT2D eigenvalue weighted by Gasteiger charge is 2.41. The summed E-state index contributed by atoms with van der Waals surface area (Å²) in [5.41, 5.74) is 3.30. The lowest BCUT2D eigenvalue weighted by molar-refractivity contribution is 0.913. The molecule has 0 aromatic rings. The summed E-state index contributed by atoms with van der Waals surface area (Å²) in [7, 11) is -3.47. The van der Waals surface area contributed by atoms with E-state index in [1.807, 2.05) is 0 Å². The molecule has 0 fully saturated rings. The van der Waals surface area contributed by atoms with Gasteiger partial charge in [-0.25, -0.2) is 0 Å². The summed E-state index contributed by atoms with van der Waals surface area (Å²) in [6.45, 7) is 25.1. The predicted octanol–water partition coefficient (Wildman–Crippen LogP) is 6.17. The molecule has 0 N–H and O–H groups in total. The number of rotatable bonds is 3. The predicted molar refractivity (Wildman–Crippen MR) is 99.4 cm³/mol. The van der Waals surface area contributed by atoms with Crippen molar-refractivity contribution in [2.45, 2.75) is 76.9 Å². The van der Waals surface area contributed by atoms with Crippen LogP contribution >= 0.6 is 0 Å². The van der Waals surface area contributed by atoms with Crippen LogP contribution < -0.4 is 0 Å². The van der Waals surface area contributed by atoms with Gasteiger partial charge in [-0.1, -0.05) is 81.8 Å². The third kappa shape index (κ3) is 4.05. The zero-order valence-electron chi connectivity index (χ0n) is 14.8. The quantitative estimate of drug-likeness (QED) is 0.547. The van der Waals surface area contributed by atoms with Gasteiger partial charge in [-0.3, -0.25) is 0 Å². The van der Waals surface area contributed by atoms with E-state index in [0.29, 0.717) is 0 Å². The zero-order valence-corrected chi connectivity index (χ0v) is 17.8. The molecule has 0 aromatic carbocycles. The number of hydrogen-bond donors (Lipinski definition) is 0. The lowest BCUT2D eigenvalue weighted by Crippen LogP contribution is -2.42. The molecule has 0 aromatic heterocycles. The fourth-order valence-electron chi connectivity index (χ4n) is 3.30. The fraction of sp³-hybridized carbons (Fsp3) is 0.750. The van der Waals surface area contributed by atoms with E-state index in [9.17, 15) is 0 Å². The first-order valence-electron chi connectivity index (χ1n) is 7.65. The third-order valence-electron chi connectivity index (χ3n) is 4.40. The van der Waals surface area contributed by atoms with Crippen molar-refractivity contribution in [2.24, 2.45) is 0 Å². The van der Waals surface area contributed by atoms with Crippen LogP contribution in [0, 0.1) is 0 Å². The van der Waals surface area contributed by atoms with Gasteiger partial charge in [0, 0.05) is 0 Å². The van der Waals surface area contributed by atoms with Crippen LogP contribution in [-0.4, -0.2) is 24.2 Å². The lowest BCUT2D eigenvalue weighted by atomic mass is 10.1. The van der Waals surface area contributed by atoms with E-state index in [1.54, 1.807) is 10.8 Å². The zero-order chi connectivity index (χ0) is 15.2. The van der Waals surface area contributed by atoms with Gasteiger partial charge in [-0.15, -0.1) is 0 Å². The van der Waals surface area contributed by atoms with Crippen LogP contribution in [0.15, 0.2) is 22.9 Å². The summed E-state index contributed by atoms with van der Waals surface area (Å²) in [5.74, 6) is 0. The summed E-state index contributed by atoms with van der Waals surface area (Å²) in [4.78, 5) is 0. The maximum absolute atomic E-state index is 2.73. The first-order valence-corrected chi connectivity index (χ1v) is 18.3. The number of allylic oxidation sites excluding steroid dienone is 4. The Kier molecular flexibility index (Phi) is 4.66. The van der Waals surface area contributed by atoms with Crippen molar-refractivity contribution < 1.29 is 0 Å². The van der Waals surface area contributed by atoms with E-state index < -0.39 is 24.2 Å². The minimum Gasteiger partial charge on any atom is -0.0843 e. The Bertz CT molecular complexity index is 397. The van der Waals surface area contributed by atoms with Gasteiger partial charge >= 0.3 is 0 Å². The molecule has 0 aliphatic heterocycles. The van der Waals surface area contributed by atoms with Gasteiger partial charge in [-0.05, 0) is 18.0 Å². The molecule has 2 atom stereocenters. The van der Waals surface area contributed by atoms with Gasteiger partial charge in [0.15, 0.2) is 0 Å². The van der Waals surface area contributed by atoms with E-state index in [1.165, 1.54) is 0 Å². The molecule has 1 aliphatic carbocycles. The first-order chi connectivity index (χ1) is 8.24. The maximum Gasteiger partial charge on any atom is 0.0775 e. The summed E-state index contributed by atoms with van der Waals surface area (Å²) >= 11 is 0. The summed E-state index contributed by atoms with van der Waals surface area (Å²) in [6, 6.07) is 0. The molecular weight excluding hydrogens is 276 g/mol. The normalized spacial score (nSPS) is 26.0. The molecule has 0 saturated carbocycles. The molecule has 19 heavy (non-hydrogen) atoms. The van der Waals surface area contributed by atoms with Crippen molar-refractivity contribution in [3.05, 3.63) is 22.9 Å². The topological polar surface area (TPSA) is 0 Å². The van der Waals surface area contributed by atoms with Gasteiger partial charge < -0.3 is 0 Å². The van der Waals surface area contributed by atoms with Crippen molar-refractivity contribution in [3.63, 3.8) is 0 Å². The van der Waals surface area contributed by atoms with E-state index in [4.69, 9.17) is 0 Å². The average Bonchev–Trinajstić information content (AvgIpc) is 2.11. The molecule has 0 saturated heterocycles. The summed E-state index contributed by atoms with van der Waals surface area (Å²) in [5, 5.41) is 1.73. The van der Waals surface area contributed by atoms with Gasteiger partial charge in [0.25, 0.3) is 0 Å². The monoisotopic (exact) mass is 310 g/mol. The van der Waals surface area contributed by atoms with Gasteiger partial charge in [-0.2, -0.15) is 0 Å². The highest BCUT2D eigenvalue weighted by Crippen LogP contribution is 2.48. The SMILES string of the molecule is CC1=C[C@H]([Si](C)(C)C)[C@H]([Si](C)(C)C)C=C1[Si](C)(C)C. The molecule has 1 rings (SSSR count). The molecule has 0 unspecified atom stereocenters. The Morgan fingerprint density at radius 2 is 1.05 bits per heavy atom. The highest BCUT2D eigenvalue weighted by molar-refractivity contribution is 6.86. The Labute approximate surface area is 124 Å². The Morgan fingerprint density at radius 3 is 1.37 bits per heavy atom. The molecule has 0 amide bonds. The van der Waals surface area contributed by atoms with Gasteiger partial charge in [0.1, 0.15) is 0 Å². The van der Waals surface area contributed by atoms with Crippen LogP contribution in [0.25, 0.3) is 0 Å². The molecule has 0 heterocycles. The first kappa shape index (κ1) is 17.2. The van der Waals surface area contributed by atoms with Crippen molar-refractivity contribution >= 4 is 24.2 Å². The second-order valence-electron chi connectivity index (χ2n) is 9.46. The van der Waals surface area contributed by atoms with Crippen LogP contribution in [0.4, 0.5) is 0 Å². The minimum absolute atomic E-state index is 0.847. The Balaban J connectivity index is 3.33. The molecule has 0 bridgehead atoms. The molecular formula is C16H34Si3. The molecule has 3 heteroatoms.